The molecule has 126 valence electrons. The molecule has 1 aliphatic heterocycles. The summed E-state index contributed by atoms with van der Waals surface area (Å²) in [6, 6.07) is 14.6. The van der Waals surface area contributed by atoms with Gasteiger partial charge in [0.1, 0.15) is 17.6 Å². The lowest BCUT2D eigenvalue weighted by Gasteiger charge is -2.17. The maximum Gasteiger partial charge on any atom is 0.337 e. The third-order valence-corrected chi connectivity index (χ3v) is 3.79. The number of ether oxygens (including phenoxy) is 4. The molecular formula is C19H20O5. The first kappa shape index (κ1) is 16.5. The molecule has 0 unspecified atom stereocenters. The van der Waals surface area contributed by atoms with Crippen LogP contribution in [0.15, 0.2) is 48.5 Å². The highest BCUT2D eigenvalue weighted by atomic mass is 16.6. The van der Waals surface area contributed by atoms with E-state index in [1.54, 1.807) is 24.3 Å². The number of hydrogen-bond donors (Lipinski definition) is 0. The maximum atomic E-state index is 11.5. The van der Waals surface area contributed by atoms with Crippen molar-refractivity contribution in [2.45, 2.75) is 19.1 Å². The van der Waals surface area contributed by atoms with Crippen molar-refractivity contribution in [1.82, 2.24) is 0 Å². The third kappa shape index (κ3) is 4.13. The molecule has 3 rings (SSSR count). The van der Waals surface area contributed by atoms with Crippen molar-refractivity contribution in [1.29, 1.82) is 0 Å². The Morgan fingerprint density at radius 2 is 1.92 bits per heavy atom. The molecule has 1 aliphatic rings. The minimum Gasteiger partial charge on any atom is -0.465 e. The molecule has 0 spiro atoms. The van der Waals surface area contributed by atoms with Crippen LogP contribution in [0.2, 0.25) is 0 Å². The molecule has 0 amide bonds. The zero-order chi connectivity index (χ0) is 16.9. The van der Waals surface area contributed by atoms with E-state index >= 15 is 0 Å². The minimum atomic E-state index is -0.369. The van der Waals surface area contributed by atoms with Crippen LogP contribution in [0, 0.1) is 0 Å². The Morgan fingerprint density at radius 3 is 2.58 bits per heavy atom. The number of methoxy groups -OCH3 is 1. The Bertz CT molecular complexity index is 691. The number of carbonyl (C=O) groups excluding carboxylic acids is 1. The first-order valence-electron chi connectivity index (χ1n) is 7.85. The zero-order valence-electron chi connectivity index (χ0n) is 13.7. The molecule has 1 saturated heterocycles. The summed E-state index contributed by atoms with van der Waals surface area (Å²) in [7, 11) is 1.36. The minimum absolute atomic E-state index is 0.0975. The summed E-state index contributed by atoms with van der Waals surface area (Å²) in [4.78, 5) is 11.5. The Hall–Kier alpha value is -2.37. The van der Waals surface area contributed by atoms with Crippen molar-refractivity contribution < 1.29 is 23.7 Å². The Morgan fingerprint density at radius 1 is 1.21 bits per heavy atom. The van der Waals surface area contributed by atoms with Gasteiger partial charge in [-0.15, -0.1) is 0 Å². The number of esters is 1. The van der Waals surface area contributed by atoms with Gasteiger partial charge in [0, 0.05) is 5.56 Å². The van der Waals surface area contributed by atoms with Gasteiger partial charge in [-0.2, -0.15) is 0 Å². The molecule has 24 heavy (non-hydrogen) atoms. The zero-order valence-corrected chi connectivity index (χ0v) is 13.7. The van der Waals surface area contributed by atoms with E-state index in [4.69, 9.17) is 14.2 Å². The highest BCUT2D eigenvalue weighted by Gasteiger charge is 2.24. The van der Waals surface area contributed by atoms with Crippen LogP contribution in [0.5, 0.6) is 11.5 Å². The number of carbonyl (C=O) groups is 1. The second-order valence-electron chi connectivity index (χ2n) is 5.59. The van der Waals surface area contributed by atoms with E-state index in [9.17, 15) is 4.79 Å². The number of rotatable bonds is 7. The average molecular weight is 328 g/mol. The number of para-hydroxylation sites is 1. The molecule has 2 aromatic rings. The third-order valence-electron chi connectivity index (χ3n) is 3.79. The second-order valence-corrected chi connectivity index (χ2v) is 5.59. The van der Waals surface area contributed by atoms with E-state index in [0.717, 1.165) is 17.9 Å². The molecule has 2 aromatic carbocycles. The van der Waals surface area contributed by atoms with E-state index in [2.05, 4.69) is 4.74 Å². The van der Waals surface area contributed by atoms with Crippen molar-refractivity contribution in [2.75, 3.05) is 20.3 Å². The van der Waals surface area contributed by atoms with E-state index in [0.29, 0.717) is 17.9 Å². The Labute approximate surface area is 141 Å². The lowest BCUT2D eigenvalue weighted by Crippen LogP contribution is -2.07. The van der Waals surface area contributed by atoms with Crippen LogP contribution in [-0.4, -0.2) is 32.4 Å². The van der Waals surface area contributed by atoms with Crippen LogP contribution in [0.4, 0.5) is 0 Å². The summed E-state index contributed by atoms with van der Waals surface area (Å²) in [5.41, 5.74) is 1.45. The first-order chi connectivity index (χ1) is 11.7. The molecule has 0 aromatic heterocycles. The van der Waals surface area contributed by atoms with Gasteiger partial charge in [0.25, 0.3) is 0 Å². The van der Waals surface area contributed by atoms with Crippen molar-refractivity contribution in [2.24, 2.45) is 0 Å². The highest BCUT2D eigenvalue weighted by molar-refractivity contribution is 5.89. The molecule has 0 aliphatic carbocycles. The number of epoxide rings is 1. The van der Waals surface area contributed by atoms with E-state index in [1.165, 1.54) is 7.11 Å². The summed E-state index contributed by atoms with van der Waals surface area (Å²) in [5.74, 6) is 1.01. The molecule has 0 saturated carbocycles. The van der Waals surface area contributed by atoms with Crippen LogP contribution < -0.4 is 4.74 Å². The molecule has 1 heterocycles. The van der Waals surface area contributed by atoms with Gasteiger partial charge >= 0.3 is 5.97 Å². The summed E-state index contributed by atoms with van der Waals surface area (Å²) in [6.45, 7) is 3.35. The van der Waals surface area contributed by atoms with Gasteiger partial charge < -0.3 is 18.9 Å². The predicted molar refractivity (Wildman–Crippen MR) is 88.4 cm³/mol. The fraction of sp³-hybridized carbons (Fsp3) is 0.316. The molecule has 2 atom stereocenters. The summed E-state index contributed by atoms with van der Waals surface area (Å²) in [5, 5.41) is 0. The fourth-order valence-electron chi connectivity index (χ4n) is 2.32. The number of benzene rings is 2. The van der Waals surface area contributed by atoms with Gasteiger partial charge in [0.15, 0.2) is 0 Å². The molecule has 5 nitrogen and oxygen atoms in total. The smallest absolute Gasteiger partial charge is 0.337 e. The summed E-state index contributed by atoms with van der Waals surface area (Å²) >= 11 is 0. The average Bonchev–Trinajstić information content (AvgIpc) is 3.44. The van der Waals surface area contributed by atoms with E-state index < -0.39 is 0 Å². The Kier molecular flexibility index (Phi) is 5.13. The van der Waals surface area contributed by atoms with Gasteiger partial charge in [0.2, 0.25) is 0 Å². The van der Waals surface area contributed by atoms with Gasteiger partial charge in [-0.05, 0) is 37.3 Å². The highest BCUT2D eigenvalue weighted by Crippen LogP contribution is 2.31. The Balaban J connectivity index is 1.71. The van der Waals surface area contributed by atoms with Crippen LogP contribution in [-0.2, 0) is 14.2 Å². The van der Waals surface area contributed by atoms with Gasteiger partial charge in [-0.3, -0.25) is 0 Å². The lowest BCUT2D eigenvalue weighted by molar-refractivity contribution is 0.0527. The SMILES string of the molecule is COC(=O)c1ccc(Oc2ccccc2[C@@H](C)OC[C@H]2CO2)cc1. The topological polar surface area (TPSA) is 57.3 Å². The molecule has 0 N–H and O–H groups in total. The van der Waals surface area contributed by atoms with Crippen LogP contribution in [0.1, 0.15) is 28.9 Å². The van der Waals surface area contributed by atoms with Crippen molar-refractivity contribution >= 4 is 5.97 Å². The van der Waals surface area contributed by atoms with Gasteiger partial charge in [0.05, 0.1) is 32.0 Å². The largest absolute Gasteiger partial charge is 0.465 e. The van der Waals surface area contributed by atoms with Crippen LogP contribution >= 0.6 is 0 Å². The fourth-order valence-corrected chi connectivity index (χ4v) is 2.32. The molecule has 0 bridgehead atoms. The molecular weight excluding hydrogens is 308 g/mol. The standard InChI is InChI=1S/C19H20O5/c1-13(22-11-16-12-23-16)17-5-3-4-6-18(17)24-15-9-7-14(8-10-15)19(20)21-2/h3-10,13,16H,11-12H2,1-2H3/t13-,16+/m1/s1. The van der Waals surface area contributed by atoms with Crippen LogP contribution in [0.3, 0.4) is 0 Å². The predicted octanol–water partition coefficient (Wildman–Crippen LogP) is 3.74. The van der Waals surface area contributed by atoms with Gasteiger partial charge in [-0.25, -0.2) is 4.79 Å². The summed E-state index contributed by atoms with van der Waals surface area (Å²) in [6.07, 6.45) is 0.131. The number of hydrogen-bond acceptors (Lipinski definition) is 5. The van der Waals surface area contributed by atoms with Gasteiger partial charge in [-0.1, -0.05) is 18.2 Å². The van der Waals surface area contributed by atoms with Crippen molar-refractivity contribution in [3.8, 4) is 11.5 Å². The van der Waals surface area contributed by atoms with E-state index in [1.807, 2.05) is 31.2 Å². The first-order valence-corrected chi connectivity index (χ1v) is 7.85. The quantitative estimate of drug-likeness (QED) is 0.572. The lowest BCUT2D eigenvalue weighted by atomic mass is 10.1. The normalized spacial score (nSPS) is 17.2. The molecule has 1 fully saturated rings. The monoisotopic (exact) mass is 328 g/mol. The molecule has 5 heteroatoms. The molecule has 0 radical (unpaired) electrons. The van der Waals surface area contributed by atoms with Crippen molar-refractivity contribution in [3.05, 3.63) is 59.7 Å². The van der Waals surface area contributed by atoms with Crippen molar-refractivity contribution in [3.63, 3.8) is 0 Å². The maximum absolute atomic E-state index is 11.5. The summed E-state index contributed by atoms with van der Waals surface area (Å²) < 4.78 is 21.6. The second kappa shape index (κ2) is 7.47. The van der Waals surface area contributed by atoms with Crippen LogP contribution in [0.25, 0.3) is 0 Å². The van der Waals surface area contributed by atoms with E-state index in [-0.39, 0.29) is 18.2 Å².